The highest BCUT2D eigenvalue weighted by Crippen LogP contribution is 2.31. The molecule has 1 N–H and O–H groups in total. The number of carbonyl (C=O) groups is 1. The highest BCUT2D eigenvalue weighted by Gasteiger charge is 2.33. The number of carbonyl (C=O) groups excluding carboxylic acids is 1. The topological polar surface area (TPSA) is 76.4 Å². The molecule has 1 aromatic carbocycles. The second-order valence-electron chi connectivity index (χ2n) is 7.75. The Bertz CT molecular complexity index is 1310. The van der Waals surface area contributed by atoms with Gasteiger partial charge in [0.05, 0.1) is 28.5 Å². The van der Waals surface area contributed by atoms with Crippen molar-refractivity contribution in [3.05, 3.63) is 90.4 Å². The van der Waals surface area contributed by atoms with Gasteiger partial charge < -0.3 is 9.72 Å². The van der Waals surface area contributed by atoms with E-state index in [9.17, 15) is 9.59 Å². The first-order valence-electron chi connectivity index (χ1n) is 10.3. The quantitative estimate of drug-likeness (QED) is 0.625. The second kappa shape index (κ2) is 8.51. The average molecular weight is 436 g/mol. The molecule has 1 atom stereocenters. The number of nitrogens with zero attached hydrogens (tertiary/aromatic N) is 2. The van der Waals surface area contributed by atoms with Crippen LogP contribution in [0.5, 0.6) is 0 Å². The average Bonchev–Trinajstić information content (AvgIpc) is 3.35. The number of allylic oxidation sites excluding steroid dienone is 1. The van der Waals surface area contributed by atoms with E-state index in [-0.39, 0.29) is 12.2 Å². The van der Waals surface area contributed by atoms with Crippen molar-refractivity contribution in [3.63, 3.8) is 0 Å². The van der Waals surface area contributed by atoms with E-state index in [0.29, 0.717) is 26.5 Å². The molecule has 7 heteroatoms. The molecule has 4 rings (SSSR count). The van der Waals surface area contributed by atoms with Gasteiger partial charge in [-0.25, -0.2) is 9.79 Å². The number of ether oxygens (including phenoxy) is 1. The molecular formula is C24H25N3O3S. The summed E-state index contributed by atoms with van der Waals surface area (Å²) < 4.78 is 7.50. The number of aromatic nitrogens is 2. The van der Waals surface area contributed by atoms with Crippen molar-refractivity contribution in [1.29, 1.82) is 0 Å². The van der Waals surface area contributed by atoms with Crippen LogP contribution in [0, 0.1) is 0 Å². The normalized spacial score (nSPS) is 16.4. The molecule has 0 bridgehead atoms. The Kier molecular flexibility index (Phi) is 5.78. The molecule has 3 heterocycles. The molecule has 0 spiro atoms. The molecule has 3 aromatic rings. The summed E-state index contributed by atoms with van der Waals surface area (Å²) >= 11 is 1.32. The Morgan fingerprint density at radius 3 is 2.65 bits per heavy atom. The predicted molar refractivity (Wildman–Crippen MR) is 122 cm³/mol. The SMILES string of the molecule is CCOC(=O)C1=C(C)N=c2s/c(=C/c3ccc[nH]3)c(=O)n2[C@H]1c1ccc(C(C)C)cc1. The van der Waals surface area contributed by atoms with Crippen LogP contribution < -0.4 is 14.9 Å². The van der Waals surface area contributed by atoms with Crippen molar-refractivity contribution >= 4 is 23.4 Å². The molecule has 1 aliphatic rings. The summed E-state index contributed by atoms with van der Waals surface area (Å²) in [6.07, 6.45) is 3.62. The Balaban J connectivity index is 1.94. The van der Waals surface area contributed by atoms with E-state index in [2.05, 4.69) is 23.8 Å². The summed E-state index contributed by atoms with van der Waals surface area (Å²) in [5, 5.41) is 0. The molecule has 31 heavy (non-hydrogen) atoms. The van der Waals surface area contributed by atoms with Crippen LogP contribution in [0.4, 0.5) is 0 Å². The maximum absolute atomic E-state index is 13.4. The monoisotopic (exact) mass is 435 g/mol. The number of fused-ring (bicyclic) bond motifs is 1. The van der Waals surface area contributed by atoms with Gasteiger partial charge in [-0.1, -0.05) is 49.4 Å². The summed E-state index contributed by atoms with van der Waals surface area (Å²) in [6.45, 7) is 8.08. The highest BCUT2D eigenvalue weighted by molar-refractivity contribution is 7.07. The van der Waals surface area contributed by atoms with Crippen LogP contribution in [0.15, 0.2) is 63.7 Å². The zero-order valence-corrected chi connectivity index (χ0v) is 18.8. The van der Waals surface area contributed by atoms with Crippen molar-refractivity contribution in [1.82, 2.24) is 9.55 Å². The van der Waals surface area contributed by atoms with E-state index in [4.69, 9.17) is 4.74 Å². The maximum Gasteiger partial charge on any atom is 0.338 e. The van der Waals surface area contributed by atoms with E-state index in [1.807, 2.05) is 48.7 Å². The van der Waals surface area contributed by atoms with Crippen LogP contribution in [0.3, 0.4) is 0 Å². The highest BCUT2D eigenvalue weighted by atomic mass is 32.1. The summed E-state index contributed by atoms with van der Waals surface area (Å²) in [5.41, 5.74) is 3.69. The molecule has 6 nitrogen and oxygen atoms in total. The first kappa shape index (κ1) is 21.1. The number of benzene rings is 1. The lowest BCUT2D eigenvalue weighted by atomic mass is 9.93. The molecule has 0 unspecified atom stereocenters. The Hall–Kier alpha value is -3.19. The van der Waals surface area contributed by atoms with Gasteiger partial charge in [-0.15, -0.1) is 0 Å². The summed E-state index contributed by atoms with van der Waals surface area (Å²) in [4.78, 5) is 34.6. The number of thiazole rings is 1. The molecule has 0 amide bonds. The molecule has 2 aromatic heterocycles. The molecule has 1 aliphatic heterocycles. The Morgan fingerprint density at radius 1 is 1.29 bits per heavy atom. The Morgan fingerprint density at radius 2 is 2.03 bits per heavy atom. The zero-order chi connectivity index (χ0) is 22.1. The van der Waals surface area contributed by atoms with Crippen LogP contribution in [-0.2, 0) is 9.53 Å². The number of rotatable bonds is 5. The maximum atomic E-state index is 13.4. The fraction of sp³-hybridized carbons (Fsp3) is 0.292. The summed E-state index contributed by atoms with van der Waals surface area (Å²) in [7, 11) is 0. The van der Waals surface area contributed by atoms with Gasteiger partial charge in [0.25, 0.3) is 5.56 Å². The fourth-order valence-corrected chi connectivity index (χ4v) is 4.78. The van der Waals surface area contributed by atoms with Gasteiger partial charge in [-0.2, -0.15) is 0 Å². The van der Waals surface area contributed by atoms with E-state index in [1.165, 1.54) is 16.9 Å². The van der Waals surface area contributed by atoms with Crippen LogP contribution >= 0.6 is 11.3 Å². The van der Waals surface area contributed by atoms with Crippen molar-refractivity contribution < 1.29 is 9.53 Å². The van der Waals surface area contributed by atoms with Gasteiger partial charge in [0, 0.05) is 11.9 Å². The van der Waals surface area contributed by atoms with Gasteiger partial charge in [0.1, 0.15) is 0 Å². The minimum absolute atomic E-state index is 0.175. The van der Waals surface area contributed by atoms with E-state index in [1.54, 1.807) is 18.4 Å². The fourth-order valence-electron chi connectivity index (χ4n) is 3.75. The number of hydrogen-bond acceptors (Lipinski definition) is 5. The lowest BCUT2D eigenvalue weighted by Gasteiger charge is -2.25. The van der Waals surface area contributed by atoms with Gasteiger partial charge in [-0.3, -0.25) is 9.36 Å². The third-order valence-electron chi connectivity index (χ3n) is 5.34. The second-order valence-corrected chi connectivity index (χ2v) is 8.76. The standard InChI is InChI=1S/C24H25N3O3S/c1-5-30-23(29)20-15(4)26-24-27(21(20)17-10-8-16(9-11-17)14(2)3)22(28)19(31-24)13-18-7-6-12-25-18/h6-14,21,25H,5H2,1-4H3/b19-13+/t21-/m0/s1. The Labute approximate surface area is 184 Å². The summed E-state index contributed by atoms with van der Waals surface area (Å²) in [6, 6.07) is 11.3. The third kappa shape index (κ3) is 3.93. The molecule has 0 saturated carbocycles. The number of esters is 1. The molecule has 0 saturated heterocycles. The molecular weight excluding hydrogens is 410 g/mol. The molecule has 0 aliphatic carbocycles. The van der Waals surface area contributed by atoms with Gasteiger partial charge in [0.2, 0.25) is 0 Å². The lowest BCUT2D eigenvalue weighted by Crippen LogP contribution is -2.39. The van der Waals surface area contributed by atoms with Gasteiger partial charge in [-0.05, 0) is 49.1 Å². The summed E-state index contributed by atoms with van der Waals surface area (Å²) in [5.74, 6) is -0.0565. The largest absolute Gasteiger partial charge is 0.463 e. The van der Waals surface area contributed by atoms with Crippen molar-refractivity contribution in [2.24, 2.45) is 4.99 Å². The number of H-pyrrole nitrogens is 1. The van der Waals surface area contributed by atoms with Crippen LogP contribution in [0.2, 0.25) is 0 Å². The number of aromatic amines is 1. The van der Waals surface area contributed by atoms with E-state index < -0.39 is 12.0 Å². The molecule has 160 valence electrons. The number of nitrogens with one attached hydrogen (secondary N) is 1. The zero-order valence-electron chi connectivity index (χ0n) is 18.0. The van der Waals surface area contributed by atoms with Crippen LogP contribution in [-0.4, -0.2) is 22.1 Å². The lowest BCUT2D eigenvalue weighted by molar-refractivity contribution is -0.139. The van der Waals surface area contributed by atoms with Crippen molar-refractivity contribution in [2.75, 3.05) is 6.61 Å². The van der Waals surface area contributed by atoms with Crippen LogP contribution in [0.1, 0.15) is 56.5 Å². The van der Waals surface area contributed by atoms with Crippen molar-refractivity contribution in [2.45, 2.75) is 39.7 Å². The van der Waals surface area contributed by atoms with E-state index >= 15 is 0 Å². The first-order valence-corrected chi connectivity index (χ1v) is 11.1. The number of hydrogen-bond donors (Lipinski definition) is 1. The first-order chi connectivity index (χ1) is 14.9. The van der Waals surface area contributed by atoms with Gasteiger partial charge in [0.15, 0.2) is 4.80 Å². The molecule has 0 fully saturated rings. The smallest absolute Gasteiger partial charge is 0.338 e. The predicted octanol–water partition coefficient (Wildman–Crippen LogP) is 3.25. The minimum Gasteiger partial charge on any atom is -0.463 e. The van der Waals surface area contributed by atoms with Crippen molar-refractivity contribution in [3.8, 4) is 0 Å². The third-order valence-corrected chi connectivity index (χ3v) is 6.33. The van der Waals surface area contributed by atoms with Crippen LogP contribution in [0.25, 0.3) is 6.08 Å². The molecule has 0 radical (unpaired) electrons. The van der Waals surface area contributed by atoms with E-state index in [0.717, 1.165) is 11.3 Å². The van der Waals surface area contributed by atoms with Gasteiger partial charge >= 0.3 is 5.97 Å². The minimum atomic E-state index is -0.581.